The van der Waals surface area contributed by atoms with E-state index in [9.17, 15) is 27.6 Å². The number of hydrogen-bond acceptors (Lipinski definition) is 8. The summed E-state index contributed by atoms with van der Waals surface area (Å²) in [7, 11) is -3.31. The van der Waals surface area contributed by atoms with Crippen LogP contribution >= 0.6 is 0 Å². The van der Waals surface area contributed by atoms with Gasteiger partial charge >= 0.3 is 6.03 Å². The second-order valence-electron chi connectivity index (χ2n) is 11.1. The van der Waals surface area contributed by atoms with Crippen LogP contribution in [0.25, 0.3) is 0 Å². The number of urea groups is 1. The highest BCUT2D eigenvalue weighted by atomic mass is 32.2. The average Bonchev–Trinajstić information content (AvgIpc) is 3.48. The monoisotopic (exact) mass is 580 g/mol. The lowest BCUT2D eigenvalue weighted by atomic mass is 9.93. The predicted molar refractivity (Wildman–Crippen MR) is 149 cm³/mol. The number of fused-ring (bicyclic) bond motifs is 1. The lowest BCUT2D eigenvalue weighted by Gasteiger charge is -2.31. The number of amides is 5. The molecule has 2 unspecified atom stereocenters. The first-order chi connectivity index (χ1) is 19.7. The Balaban J connectivity index is 1.16. The normalized spacial score (nSPS) is 25.5. The standard InChI is InChI=1S/C28H32N6O6S/c35-24(19-7-5-18(6-8-19)15-33-13-14-41(39,40)22-4-2-1-3-21(22)33)30-23-16-34(25(36)20-9-11-29-12-10-20)17-28(23)26(37)31-27(38)32-28/h1-8,20,23,29H,9-17H2,(H,30,35)(H2,31,32,37,38). The van der Waals surface area contributed by atoms with E-state index >= 15 is 0 Å². The number of imide groups is 1. The van der Waals surface area contributed by atoms with Crippen LogP contribution in [0.3, 0.4) is 0 Å². The van der Waals surface area contributed by atoms with Gasteiger partial charge in [-0.2, -0.15) is 0 Å². The van der Waals surface area contributed by atoms with Gasteiger partial charge in [-0.15, -0.1) is 0 Å². The van der Waals surface area contributed by atoms with E-state index in [0.29, 0.717) is 42.1 Å². The van der Waals surface area contributed by atoms with E-state index in [-0.39, 0.29) is 30.7 Å². The molecule has 2 aromatic rings. The van der Waals surface area contributed by atoms with Crippen LogP contribution in [0.1, 0.15) is 28.8 Å². The van der Waals surface area contributed by atoms with E-state index < -0.39 is 39.3 Å². The van der Waals surface area contributed by atoms with E-state index in [1.807, 2.05) is 23.1 Å². The second kappa shape index (κ2) is 10.5. The van der Waals surface area contributed by atoms with Crippen molar-refractivity contribution in [1.82, 2.24) is 26.2 Å². The molecule has 12 nitrogen and oxygen atoms in total. The number of sulfone groups is 1. The van der Waals surface area contributed by atoms with Gasteiger partial charge in [0.1, 0.15) is 0 Å². The van der Waals surface area contributed by atoms with E-state index in [2.05, 4.69) is 21.3 Å². The Hall–Kier alpha value is -3.97. The van der Waals surface area contributed by atoms with E-state index in [1.165, 1.54) is 0 Å². The Morgan fingerprint density at radius 1 is 1.02 bits per heavy atom. The molecular weight excluding hydrogens is 548 g/mol. The summed E-state index contributed by atoms with van der Waals surface area (Å²) in [5.74, 6) is -1.20. The Morgan fingerprint density at radius 2 is 1.76 bits per heavy atom. The maximum Gasteiger partial charge on any atom is 0.322 e. The molecule has 0 radical (unpaired) electrons. The highest BCUT2D eigenvalue weighted by Crippen LogP contribution is 2.32. The number of anilines is 1. The third-order valence-electron chi connectivity index (χ3n) is 8.47. The number of hydrogen-bond donors (Lipinski definition) is 4. The van der Waals surface area contributed by atoms with Gasteiger partial charge in [0.25, 0.3) is 11.8 Å². The largest absolute Gasteiger partial charge is 0.365 e. The van der Waals surface area contributed by atoms with E-state index in [1.54, 1.807) is 35.2 Å². The number of rotatable bonds is 5. The summed E-state index contributed by atoms with van der Waals surface area (Å²) >= 11 is 0. The first-order valence-corrected chi connectivity index (χ1v) is 15.4. The summed E-state index contributed by atoms with van der Waals surface area (Å²) < 4.78 is 24.9. The molecule has 216 valence electrons. The third kappa shape index (κ3) is 5.04. The first kappa shape index (κ1) is 27.2. The summed E-state index contributed by atoms with van der Waals surface area (Å²) in [5, 5.41) is 11.1. The molecule has 0 saturated carbocycles. The number of para-hydroxylation sites is 1. The second-order valence-corrected chi connectivity index (χ2v) is 13.1. The summed E-state index contributed by atoms with van der Waals surface area (Å²) in [6, 6.07) is 12.4. The van der Waals surface area contributed by atoms with Crippen LogP contribution in [0.15, 0.2) is 53.4 Å². The number of nitrogens with zero attached hydrogens (tertiary/aromatic N) is 2. The maximum atomic E-state index is 13.3. The van der Waals surface area contributed by atoms with Crippen molar-refractivity contribution in [2.75, 3.05) is 43.4 Å². The zero-order valence-corrected chi connectivity index (χ0v) is 23.2. The van der Waals surface area contributed by atoms with Gasteiger partial charge in [-0.3, -0.25) is 19.7 Å². The SMILES string of the molecule is O=C1NC(=O)C2(CN(C(=O)C3CCNCC3)CC2NC(=O)c2ccc(CN3CCS(=O)(=O)c4ccccc43)cc2)N1. The Morgan fingerprint density at radius 3 is 2.46 bits per heavy atom. The highest BCUT2D eigenvalue weighted by Gasteiger charge is 2.59. The molecule has 5 amide bonds. The van der Waals surface area contributed by atoms with Crippen molar-refractivity contribution in [3.05, 3.63) is 59.7 Å². The molecule has 0 aliphatic carbocycles. The minimum atomic E-state index is -3.31. The summed E-state index contributed by atoms with van der Waals surface area (Å²) in [6.45, 7) is 2.42. The lowest BCUT2D eigenvalue weighted by molar-refractivity contribution is -0.135. The van der Waals surface area contributed by atoms with Gasteiger partial charge in [0.2, 0.25) is 5.91 Å². The summed E-state index contributed by atoms with van der Waals surface area (Å²) in [4.78, 5) is 55.5. The minimum absolute atomic E-state index is 0.00967. The Labute approximate surface area is 237 Å². The fourth-order valence-electron chi connectivity index (χ4n) is 6.21. The molecule has 0 bridgehead atoms. The Bertz CT molecular complexity index is 1510. The highest BCUT2D eigenvalue weighted by molar-refractivity contribution is 7.91. The molecule has 0 aromatic heterocycles. The molecule has 3 saturated heterocycles. The fraction of sp³-hybridized carbons (Fsp3) is 0.429. The smallest absolute Gasteiger partial charge is 0.322 e. The van der Waals surface area contributed by atoms with Crippen LogP contribution in [0.4, 0.5) is 10.5 Å². The van der Waals surface area contributed by atoms with Crippen molar-refractivity contribution in [1.29, 1.82) is 0 Å². The lowest BCUT2D eigenvalue weighted by Crippen LogP contribution is -2.62. The molecule has 41 heavy (non-hydrogen) atoms. The zero-order valence-electron chi connectivity index (χ0n) is 22.4. The summed E-state index contributed by atoms with van der Waals surface area (Å²) in [5.41, 5.74) is 0.484. The number of benzene rings is 2. The fourth-order valence-corrected chi connectivity index (χ4v) is 7.69. The van der Waals surface area contributed by atoms with Crippen LogP contribution in [0.2, 0.25) is 0 Å². The van der Waals surface area contributed by atoms with Crippen molar-refractivity contribution in [3.63, 3.8) is 0 Å². The minimum Gasteiger partial charge on any atom is -0.365 e. The topological polar surface area (TPSA) is 157 Å². The van der Waals surface area contributed by atoms with Crippen molar-refractivity contribution in [2.24, 2.45) is 5.92 Å². The average molecular weight is 581 g/mol. The van der Waals surface area contributed by atoms with Crippen molar-refractivity contribution < 1.29 is 27.6 Å². The number of piperidine rings is 1. The Kier molecular flexibility index (Phi) is 6.94. The molecule has 4 aliphatic rings. The number of likely N-dealkylation sites (tertiary alicyclic amines) is 1. The molecule has 13 heteroatoms. The molecular formula is C28H32N6O6S. The van der Waals surface area contributed by atoms with Crippen molar-refractivity contribution >= 4 is 39.3 Å². The van der Waals surface area contributed by atoms with E-state index in [0.717, 1.165) is 18.7 Å². The third-order valence-corrected chi connectivity index (χ3v) is 10.2. The van der Waals surface area contributed by atoms with Crippen molar-refractivity contribution in [2.45, 2.75) is 35.9 Å². The van der Waals surface area contributed by atoms with Crippen LogP contribution in [-0.4, -0.2) is 87.1 Å². The van der Waals surface area contributed by atoms with Gasteiger partial charge in [0, 0.05) is 31.1 Å². The van der Waals surface area contributed by atoms with E-state index in [4.69, 9.17) is 0 Å². The molecule has 4 aliphatic heterocycles. The van der Waals surface area contributed by atoms with Gasteiger partial charge in [0.05, 0.1) is 28.9 Å². The van der Waals surface area contributed by atoms with Gasteiger partial charge < -0.3 is 25.8 Å². The number of nitrogens with one attached hydrogen (secondary N) is 4. The number of carbonyl (C=O) groups excluding carboxylic acids is 4. The molecule has 3 fully saturated rings. The quantitative estimate of drug-likeness (QED) is 0.360. The van der Waals surface area contributed by atoms with Gasteiger partial charge in [0.15, 0.2) is 15.4 Å². The van der Waals surface area contributed by atoms with Gasteiger partial charge in [-0.05, 0) is 55.8 Å². The van der Waals surface area contributed by atoms with Crippen LogP contribution in [-0.2, 0) is 26.0 Å². The van der Waals surface area contributed by atoms with Gasteiger partial charge in [-0.25, -0.2) is 13.2 Å². The van der Waals surface area contributed by atoms with Crippen molar-refractivity contribution in [3.8, 4) is 0 Å². The van der Waals surface area contributed by atoms with Crippen LogP contribution in [0.5, 0.6) is 0 Å². The molecule has 2 aromatic carbocycles. The first-order valence-electron chi connectivity index (χ1n) is 13.8. The zero-order chi connectivity index (χ0) is 28.8. The maximum absolute atomic E-state index is 13.3. The molecule has 2 atom stereocenters. The van der Waals surface area contributed by atoms with Crippen LogP contribution in [0, 0.1) is 5.92 Å². The van der Waals surface area contributed by atoms with Gasteiger partial charge in [-0.1, -0.05) is 24.3 Å². The van der Waals surface area contributed by atoms with Crippen LogP contribution < -0.4 is 26.2 Å². The predicted octanol–water partition coefficient (Wildman–Crippen LogP) is -0.00110. The number of carbonyl (C=O) groups is 4. The molecule has 1 spiro atoms. The molecule has 6 rings (SSSR count). The molecule has 4 N–H and O–H groups in total. The summed E-state index contributed by atoms with van der Waals surface area (Å²) in [6.07, 6.45) is 1.40. The molecule has 4 heterocycles.